The maximum Gasteiger partial charge on any atom is 0.179 e. The molecule has 0 aromatic carbocycles. The third-order valence-corrected chi connectivity index (χ3v) is 3.64. The topological polar surface area (TPSA) is 52.0 Å². The lowest BCUT2D eigenvalue weighted by atomic mass is 10.6. The fraction of sp³-hybridized carbons (Fsp3) is 0.286. The van der Waals surface area contributed by atoms with E-state index in [1.807, 2.05) is 0 Å². The monoisotopic (exact) mass is 264 g/mol. The highest BCUT2D eigenvalue weighted by Gasteiger charge is 2.16. The van der Waals surface area contributed by atoms with E-state index in [2.05, 4.69) is 27.6 Å². The number of allylic oxidation sites excluding steroid dienone is 1. The number of rotatable bonds is 3. The Kier molecular flexibility index (Phi) is 2.92. The zero-order valence-corrected chi connectivity index (χ0v) is 9.47. The molecule has 0 amide bonds. The van der Waals surface area contributed by atoms with Gasteiger partial charge in [-0.1, -0.05) is 6.08 Å². The van der Waals surface area contributed by atoms with Crippen LogP contribution in [-0.4, -0.2) is 24.5 Å². The van der Waals surface area contributed by atoms with Crippen molar-refractivity contribution in [1.82, 2.24) is 9.78 Å². The Morgan fingerprint density at radius 3 is 2.77 bits per heavy atom. The first-order valence-electron chi connectivity index (χ1n) is 3.49. The summed E-state index contributed by atoms with van der Waals surface area (Å²) in [6.07, 6.45) is 4.11. The molecule has 0 unspecified atom stereocenters. The van der Waals surface area contributed by atoms with E-state index in [4.69, 9.17) is 0 Å². The molecule has 1 heterocycles. The van der Waals surface area contributed by atoms with Crippen LogP contribution in [0.15, 0.2) is 28.4 Å². The van der Waals surface area contributed by atoms with Crippen molar-refractivity contribution in [1.29, 1.82) is 0 Å². The molecule has 0 aliphatic heterocycles. The van der Waals surface area contributed by atoms with Crippen LogP contribution in [0, 0.1) is 0 Å². The standard InChI is InChI=1S/C7H9BrN2O2S/c1-3-4-10-7(8)6(5-9-10)13(2,11)12/h3,5H,1,4H2,2H3. The lowest BCUT2D eigenvalue weighted by Gasteiger charge is -1.98. The van der Waals surface area contributed by atoms with E-state index < -0.39 is 9.84 Å². The van der Waals surface area contributed by atoms with E-state index in [0.717, 1.165) is 6.26 Å². The van der Waals surface area contributed by atoms with Crippen molar-refractivity contribution in [2.45, 2.75) is 11.4 Å². The number of aromatic nitrogens is 2. The molecule has 6 heteroatoms. The Morgan fingerprint density at radius 2 is 2.38 bits per heavy atom. The number of hydrogen-bond donors (Lipinski definition) is 0. The zero-order valence-electron chi connectivity index (χ0n) is 7.07. The van der Waals surface area contributed by atoms with E-state index in [1.54, 1.807) is 6.08 Å². The van der Waals surface area contributed by atoms with Crippen LogP contribution >= 0.6 is 15.9 Å². The van der Waals surface area contributed by atoms with Gasteiger partial charge in [-0.2, -0.15) is 5.10 Å². The highest BCUT2D eigenvalue weighted by molar-refractivity contribution is 9.10. The first-order valence-corrected chi connectivity index (χ1v) is 6.17. The van der Waals surface area contributed by atoms with Gasteiger partial charge in [-0.3, -0.25) is 4.68 Å². The maximum atomic E-state index is 11.2. The first kappa shape index (κ1) is 10.5. The van der Waals surface area contributed by atoms with E-state index in [-0.39, 0.29) is 4.90 Å². The second-order valence-electron chi connectivity index (χ2n) is 2.54. The molecule has 0 aliphatic carbocycles. The molecule has 0 fully saturated rings. The van der Waals surface area contributed by atoms with Gasteiger partial charge in [-0.25, -0.2) is 8.42 Å². The quantitative estimate of drug-likeness (QED) is 0.772. The minimum Gasteiger partial charge on any atom is -0.253 e. The SMILES string of the molecule is C=CCn1ncc(S(C)(=O)=O)c1Br. The average molecular weight is 265 g/mol. The van der Waals surface area contributed by atoms with Gasteiger partial charge in [0.1, 0.15) is 9.50 Å². The van der Waals surface area contributed by atoms with E-state index >= 15 is 0 Å². The van der Waals surface area contributed by atoms with Gasteiger partial charge in [-0.05, 0) is 15.9 Å². The predicted molar refractivity (Wildman–Crippen MR) is 53.2 cm³/mol. The van der Waals surface area contributed by atoms with Crippen LogP contribution in [0.25, 0.3) is 0 Å². The highest BCUT2D eigenvalue weighted by atomic mass is 79.9. The third-order valence-electron chi connectivity index (χ3n) is 1.45. The molecule has 1 aromatic heterocycles. The summed E-state index contributed by atoms with van der Waals surface area (Å²) >= 11 is 3.16. The molecule has 0 saturated carbocycles. The molecule has 1 rings (SSSR count). The van der Waals surface area contributed by atoms with Crippen molar-refractivity contribution in [2.75, 3.05) is 6.26 Å². The summed E-state index contributed by atoms with van der Waals surface area (Å²) in [5.74, 6) is 0. The summed E-state index contributed by atoms with van der Waals surface area (Å²) in [6.45, 7) is 4.02. The third kappa shape index (κ3) is 2.19. The van der Waals surface area contributed by atoms with Crippen LogP contribution in [0.1, 0.15) is 0 Å². The molecular weight excluding hydrogens is 256 g/mol. The van der Waals surface area contributed by atoms with Crippen molar-refractivity contribution in [3.8, 4) is 0 Å². The molecule has 13 heavy (non-hydrogen) atoms. The summed E-state index contributed by atoms with van der Waals surface area (Å²) in [7, 11) is -3.20. The summed E-state index contributed by atoms with van der Waals surface area (Å²) in [6, 6.07) is 0. The summed E-state index contributed by atoms with van der Waals surface area (Å²) in [4.78, 5) is 0.203. The van der Waals surface area contributed by atoms with Gasteiger partial charge in [0, 0.05) is 6.26 Å². The number of halogens is 1. The second-order valence-corrected chi connectivity index (χ2v) is 5.28. The minimum atomic E-state index is -3.20. The van der Waals surface area contributed by atoms with Gasteiger partial charge in [-0.15, -0.1) is 6.58 Å². The second kappa shape index (κ2) is 3.63. The number of hydrogen-bond acceptors (Lipinski definition) is 3. The van der Waals surface area contributed by atoms with Crippen molar-refractivity contribution >= 4 is 25.8 Å². The van der Waals surface area contributed by atoms with E-state index in [1.165, 1.54) is 10.9 Å². The molecule has 0 saturated heterocycles. The Hall–Kier alpha value is -0.620. The zero-order chi connectivity index (χ0) is 10.1. The van der Waals surface area contributed by atoms with Crippen LogP contribution in [0.5, 0.6) is 0 Å². The fourth-order valence-electron chi connectivity index (χ4n) is 0.852. The molecular formula is C7H9BrN2O2S. The van der Waals surface area contributed by atoms with Crippen LogP contribution in [0.2, 0.25) is 0 Å². The van der Waals surface area contributed by atoms with Gasteiger partial charge in [0.2, 0.25) is 0 Å². The Balaban J connectivity index is 3.21. The Bertz CT molecular complexity index is 422. The molecule has 0 bridgehead atoms. The van der Waals surface area contributed by atoms with Gasteiger partial charge < -0.3 is 0 Å². The first-order chi connectivity index (χ1) is 5.96. The van der Waals surface area contributed by atoms with Crippen LogP contribution in [0.3, 0.4) is 0 Å². The number of sulfone groups is 1. The van der Waals surface area contributed by atoms with Crippen LogP contribution < -0.4 is 0 Å². The fourth-order valence-corrected chi connectivity index (χ4v) is 2.72. The van der Waals surface area contributed by atoms with E-state index in [0.29, 0.717) is 11.1 Å². The molecule has 0 aliphatic rings. The van der Waals surface area contributed by atoms with Gasteiger partial charge in [0.15, 0.2) is 9.84 Å². The lowest BCUT2D eigenvalue weighted by molar-refractivity contribution is 0.600. The smallest absolute Gasteiger partial charge is 0.179 e. The van der Waals surface area contributed by atoms with Crippen LogP contribution in [0.4, 0.5) is 0 Å². The molecule has 72 valence electrons. The van der Waals surface area contributed by atoms with Crippen LogP contribution in [-0.2, 0) is 16.4 Å². The molecule has 0 N–H and O–H groups in total. The van der Waals surface area contributed by atoms with Crippen molar-refractivity contribution in [3.05, 3.63) is 23.5 Å². The lowest BCUT2D eigenvalue weighted by Crippen LogP contribution is -2.00. The summed E-state index contributed by atoms with van der Waals surface area (Å²) < 4.78 is 24.3. The molecule has 0 spiro atoms. The van der Waals surface area contributed by atoms with Gasteiger partial charge in [0.05, 0.1) is 12.7 Å². The van der Waals surface area contributed by atoms with E-state index in [9.17, 15) is 8.42 Å². The summed E-state index contributed by atoms with van der Waals surface area (Å²) in [5, 5.41) is 3.89. The minimum absolute atomic E-state index is 0.203. The Morgan fingerprint density at radius 1 is 1.77 bits per heavy atom. The molecule has 1 aromatic rings. The molecule has 0 radical (unpaired) electrons. The Labute approximate surface area is 85.3 Å². The van der Waals surface area contributed by atoms with Gasteiger partial charge >= 0.3 is 0 Å². The molecule has 4 nitrogen and oxygen atoms in total. The van der Waals surface area contributed by atoms with Gasteiger partial charge in [0.25, 0.3) is 0 Å². The molecule has 0 atom stereocenters. The maximum absolute atomic E-state index is 11.2. The highest BCUT2D eigenvalue weighted by Crippen LogP contribution is 2.20. The average Bonchev–Trinajstić information content (AvgIpc) is 2.32. The predicted octanol–water partition coefficient (Wildman–Crippen LogP) is 1.24. The van der Waals surface area contributed by atoms with Crippen molar-refractivity contribution in [3.63, 3.8) is 0 Å². The number of nitrogens with zero attached hydrogens (tertiary/aromatic N) is 2. The summed E-state index contributed by atoms with van der Waals surface area (Å²) in [5.41, 5.74) is 0. The largest absolute Gasteiger partial charge is 0.253 e. The van der Waals surface area contributed by atoms with Crippen molar-refractivity contribution in [2.24, 2.45) is 0 Å². The normalized spacial score (nSPS) is 11.5. The van der Waals surface area contributed by atoms with Crippen molar-refractivity contribution < 1.29 is 8.42 Å².